The SMILES string of the molecule is CCN(CC)CCCOc1cc(C(Cl)(Cl)Cl)nc2c(C(F)(F)F)cccc12. The molecule has 2 rings (SSSR count). The van der Waals surface area contributed by atoms with Crippen LogP contribution in [0.25, 0.3) is 10.9 Å². The Morgan fingerprint density at radius 1 is 1.11 bits per heavy atom. The highest BCUT2D eigenvalue weighted by Gasteiger charge is 2.35. The molecule has 0 unspecified atom stereocenters. The van der Waals surface area contributed by atoms with Gasteiger partial charge in [0.25, 0.3) is 0 Å². The van der Waals surface area contributed by atoms with Crippen LogP contribution in [0.4, 0.5) is 13.2 Å². The minimum Gasteiger partial charge on any atom is -0.493 e. The number of nitrogens with zero attached hydrogens (tertiary/aromatic N) is 2. The molecule has 1 aromatic heterocycles. The minimum absolute atomic E-state index is 0.115. The van der Waals surface area contributed by atoms with Crippen LogP contribution in [0.1, 0.15) is 31.5 Å². The fourth-order valence-corrected chi connectivity index (χ4v) is 3.01. The van der Waals surface area contributed by atoms with E-state index >= 15 is 0 Å². The van der Waals surface area contributed by atoms with E-state index in [0.717, 1.165) is 25.7 Å². The highest BCUT2D eigenvalue weighted by molar-refractivity contribution is 6.66. The summed E-state index contributed by atoms with van der Waals surface area (Å²) in [5, 5.41) is 0.227. The van der Waals surface area contributed by atoms with Crippen LogP contribution < -0.4 is 4.74 Å². The molecular formula is C18H20Cl3F3N2O. The van der Waals surface area contributed by atoms with Crippen LogP contribution in [0.3, 0.4) is 0 Å². The Hall–Kier alpha value is -0.950. The lowest BCUT2D eigenvalue weighted by Gasteiger charge is -2.19. The van der Waals surface area contributed by atoms with Gasteiger partial charge in [-0.25, -0.2) is 4.98 Å². The first-order chi connectivity index (χ1) is 12.6. The smallest absolute Gasteiger partial charge is 0.418 e. The van der Waals surface area contributed by atoms with Gasteiger partial charge in [0.1, 0.15) is 5.75 Å². The van der Waals surface area contributed by atoms with Gasteiger partial charge in [-0.05, 0) is 31.6 Å². The summed E-state index contributed by atoms with van der Waals surface area (Å²) < 4.78 is 43.9. The molecule has 9 heteroatoms. The molecular weight excluding hydrogens is 424 g/mol. The third-order valence-corrected chi connectivity index (χ3v) is 4.75. The molecule has 0 spiro atoms. The third-order valence-electron chi connectivity index (χ3n) is 4.17. The molecule has 0 N–H and O–H groups in total. The molecule has 0 radical (unpaired) electrons. The van der Waals surface area contributed by atoms with Gasteiger partial charge in [-0.2, -0.15) is 13.2 Å². The summed E-state index contributed by atoms with van der Waals surface area (Å²) in [6.07, 6.45) is -3.87. The first-order valence-electron chi connectivity index (χ1n) is 8.51. The number of aromatic nitrogens is 1. The van der Waals surface area contributed by atoms with Crippen molar-refractivity contribution in [3.05, 3.63) is 35.5 Å². The average molecular weight is 444 g/mol. The van der Waals surface area contributed by atoms with Crippen molar-refractivity contribution in [3.8, 4) is 5.75 Å². The van der Waals surface area contributed by atoms with Gasteiger partial charge in [0.2, 0.25) is 3.79 Å². The van der Waals surface area contributed by atoms with Gasteiger partial charge < -0.3 is 9.64 Å². The number of halogens is 6. The number of hydrogen-bond acceptors (Lipinski definition) is 3. The number of pyridine rings is 1. The first kappa shape index (κ1) is 22.3. The summed E-state index contributed by atoms with van der Waals surface area (Å²) in [7, 11) is 0. The zero-order chi connectivity index (χ0) is 20.2. The number of ether oxygens (including phenoxy) is 1. The van der Waals surface area contributed by atoms with E-state index < -0.39 is 15.5 Å². The minimum atomic E-state index is -4.58. The summed E-state index contributed by atoms with van der Waals surface area (Å²) >= 11 is 17.6. The molecule has 0 bridgehead atoms. The number of hydrogen-bond donors (Lipinski definition) is 0. The largest absolute Gasteiger partial charge is 0.493 e. The van der Waals surface area contributed by atoms with E-state index in [1.165, 1.54) is 18.2 Å². The summed E-state index contributed by atoms with van der Waals surface area (Å²) in [6.45, 7) is 7.10. The number of para-hydroxylation sites is 1. The molecule has 3 nitrogen and oxygen atoms in total. The second-order valence-corrected chi connectivity index (χ2v) is 8.21. The van der Waals surface area contributed by atoms with E-state index in [4.69, 9.17) is 39.5 Å². The van der Waals surface area contributed by atoms with Gasteiger partial charge in [0.05, 0.1) is 23.4 Å². The Labute approximate surface area is 171 Å². The maximum atomic E-state index is 13.4. The van der Waals surface area contributed by atoms with E-state index in [9.17, 15) is 13.2 Å². The Bertz CT molecular complexity index is 775. The van der Waals surface area contributed by atoms with Crippen LogP contribution in [0.15, 0.2) is 24.3 Å². The maximum absolute atomic E-state index is 13.4. The van der Waals surface area contributed by atoms with Crippen molar-refractivity contribution < 1.29 is 17.9 Å². The maximum Gasteiger partial charge on any atom is 0.418 e. The standard InChI is InChI=1S/C18H20Cl3F3N2O/c1-3-26(4-2)9-6-10-27-14-11-15(17(19,20)21)25-16-12(14)7-5-8-13(16)18(22,23)24/h5,7-8,11H,3-4,6,9-10H2,1-2H3. The predicted molar refractivity (Wildman–Crippen MR) is 104 cm³/mol. The van der Waals surface area contributed by atoms with Crippen LogP contribution >= 0.6 is 34.8 Å². The molecule has 0 atom stereocenters. The Morgan fingerprint density at radius 2 is 1.78 bits per heavy atom. The lowest BCUT2D eigenvalue weighted by Crippen LogP contribution is -2.25. The summed E-state index contributed by atoms with van der Waals surface area (Å²) in [5.41, 5.74) is -1.31. The quantitative estimate of drug-likeness (QED) is 0.377. The van der Waals surface area contributed by atoms with Crippen molar-refractivity contribution in [1.82, 2.24) is 9.88 Å². The number of benzene rings is 1. The molecule has 2 aromatic rings. The topological polar surface area (TPSA) is 25.4 Å². The van der Waals surface area contributed by atoms with E-state index in [1.54, 1.807) is 0 Å². The van der Waals surface area contributed by atoms with Crippen molar-refractivity contribution in [2.45, 2.75) is 30.2 Å². The van der Waals surface area contributed by atoms with E-state index in [1.807, 2.05) is 0 Å². The third kappa shape index (κ3) is 5.76. The van der Waals surface area contributed by atoms with E-state index in [0.29, 0.717) is 13.0 Å². The average Bonchev–Trinajstić information content (AvgIpc) is 2.59. The van der Waals surface area contributed by atoms with Gasteiger partial charge in [0, 0.05) is 18.0 Å². The van der Waals surface area contributed by atoms with E-state index in [-0.39, 0.29) is 22.3 Å². The second kappa shape index (κ2) is 9.03. The highest BCUT2D eigenvalue weighted by atomic mass is 35.6. The highest BCUT2D eigenvalue weighted by Crippen LogP contribution is 2.42. The molecule has 0 aliphatic heterocycles. The van der Waals surface area contributed by atoms with Crippen LogP contribution in [-0.2, 0) is 9.97 Å². The lowest BCUT2D eigenvalue weighted by molar-refractivity contribution is -0.136. The number of fused-ring (bicyclic) bond motifs is 1. The molecule has 0 saturated heterocycles. The summed E-state index contributed by atoms with van der Waals surface area (Å²) in [6, 6.07) is 5.15. The number of alkyl halides is 6. The van der Waals surface area contributed by atoms with Crippen molar-refractivity contribution in [3.63, 3.8) is 0 Å². The lowest BCUT2D eigenvalue weighted by atomic mass is 10.1. The van der Waals surface area contributed by atoms with Gasteiger partial charge in [-0.1, -0.05) is 54.7 Å². The predicted octanol–water partition coefficient (Wildman–Crippen LogP) is 6.19. The van der Waals surface area contributed by atoms with Crippen LogP contribution in [0, 0.1) is 0 Å². The van der Waals surface area contributed by atoms with Crippen molar-refractivity contribution in [2.75, 3.05) is 26.2 Å². The fourth-order valence-electron chi connectivity index (χ4n) is 2.72. The second-order valence-electron chi connectivity index (χ2n) is 5.93. The first-order valence-corrected chi connectivity index (χ1v) is 9.64. The van der Waals surface area contributed by atoms with Gasteiger partial charge in [0.15, 0.2) is 0 Å². The zero-order valence-corrected chi connectivity index (χ0v) is 17.2. The summed E-state index contributed by atoms with van der Waals surface area (Å²) in [4.78, 5) is 6.18. The molecule has 0 saturated carbocycles. The molecule has 0 aliphatic rings. The van der Waals surface area contributed by atoms with Gasteiger partial charge in [-0.15, -0.1) is 0 Å². The van der Waals surface area contributed by atoms with Gasteiger partial charge in [-0.3, -0.25) is 0 Å². The molecule has 0 fully saturated rings. The molecule has 150 valence electrons. The Balaban J connectivity index is 2.39. The Kier molecular flexibility index (Phi) is 7.47. The number of rotatable bonds is 7. The van der Waals surface area contributed by atoms with Crippen LogP contribution in [0.2, 0.25) is 0 Å². The van der Waals surface area contributed by atoms with Crippen molar-refractivity contribution >= 4 is 45.7 Å². The van der Waals surface area contributed by atoms with Crippen LogP contribution in [0.5, 0.6) is 5.75 Å². The molecule has 0 amide bonds. The van der Waals surface area contributed by atoms with Crippen molar-refractivity contribution in [1.29, 1.82) is 0 Å². The molecule has 27 heavy (non-hydrogen) atoms. The van der Waals surface area contributed by atoms with E-state index in [2.05, 4.69) is 23.7 Å². The monoisotopic (exact) mass is 442 g/mol. The summed E-state index contributed by atoms with van der Waals surface area (Å²) in [5.74, 6) is 0.215. The Morgan fingerprint density at radius 3 is 2.33 bits per heavy atom. The van der Waals surface area contributed by atoms with Gasteiger partial charge >= 0.3 is 6.18 Å². The fraction of sp³-hybridized carbons (Fsp3) is 0.500. The van der Waals surface area contributed by atoms with Crippen LogP contribution in [-0.4, -0.2) is 36.1 Å². The normalized spacial score (nSPS) is 12.8. The molecule has 1 aromatic carbocycles. The molecule has 0 aliphatic carbocycles. The zero-order valence-electron chi connectivity index (χ0n) is 14.9. The molecule has 1 heterocycles. The van der Waals surface area contributed by atoms with Crippen molar-refractivity contribution in [2.24, 2.45) is 0 Å².